The quantitative estimate of drug-likeness (QED) is 0.692. The molecule has 0 aliphatic carbocycles. The minimum absolute atomic E-state index is 0.0933. The van der Waals surface area contributed by atoms with Crippen LogP contribution in [0.4, 0.5) is 0 Å². The first kappa shape index (κ1) is 12.6. The molecular formula is C15H18BrN. The first-order valence-corrected chi connectivity index (χ1v) is 7.00. The molecule has 0 bridgehead atoms. The van der Waals surface area contributed by atoms with Crippen LogP contribution in [0, 0.1) is 6.92 Å². The first-order chi connectivity index (χ1) is 7.91. The van der Waals surface area contributed by atoms with E-state index in [4.69, 9.17) is 4.98 Å². The molecule has 0 atom stereocenters. The summed E-state index contributed by atoms with van der Waals surface area (Å²) in [6, 6.07) is 8.67. The standard InChI is InChI=1S/C15H18BrN/c1-10-5-6-13-12(7-10)11(9-16)8-14(17-13)15(2,3)4/h5-8H,9H2,1-4H3. The van der Waals surface area contributed by atoms with Crippen LogP contribution < -0.4 is 0 Å². The Bertz CT molecular complexity index is 553. The van der Waals surface area contributed by atoms with Crippen LogP contribution in [0.25, 0.3) is 10.9 Å². The molecule has 2 heteroatoms. The monoisotopic (exact) mass is 291 g/mol. The van der Waals surface area contributed by atoms with Gasteiger partial charge >= 0.3 is 0 Å². The molecule has 17 heavy (non-hydrogen) atoms. The number of nitrogens with zero attached hydrogens (tertiary/aromatic N) is 1. The second kappa shape index (κ2) is 4.41. The number of hydrogen-bond acceptors (Lipinski definition) is 1. The Morgan fingerprint density at radius 1 is 1.18 bits per heavy atom. The van der Waals surface area contributed by atoms with Crippen LogP contribution >= 0.6 is 15.9 Å². The maximum absolute atomic E-state index is 4.78. The van der Waals surface area contributed by atoms with Crippen molar-refractivity contribution in [2.45, 2.75) is 38.4 Å². The van der Waals surface area contributed by atoms with Gasteiger partial charge in [0.15, 0.2) is 0 Å². The lowest BCUT2D eigenvalue weighted by atomic mass is 9.90. The van der Waals surface area contributed by atoms with Crippen LogP contribution in [-0.2, 0) is 10.7 Å². The summed E-state index contributed by atoms with van der Waals surface area (Å²) in [4.78, 5) is 4.78. The number of halogens is 1. The second-order valence-electron chi connectivity index (χ2n) is 5.57. The molecule has 0 radical (unpaired) electrons. The average Bonchev–Trinajstić information content (AvgIpc) is 2.26. The number of alkyl halides is 1. The Labute approximate surface area is 111 Å². The number of hydrogen-bond donors (Lipinski definition) is 0. The van der Waals surface area contributed by atoms with Gasteiger partial charge in [-0.25, -0.2) is 0 Å². The Hall–Kier alpha value is -0.890. The fraction of sp³-hybridized carbons (Fsp3) is 0.400. The van der Waals surface area contributed by atoms with Crippen LogP contribution in [-0.4, -0.2) is 4.98 Å². The molecule has 2 rings (SSSR count). The maximum atomic E-state index is 4.78. The molecule has 0 aliphatic heterocycles. The topological polar surface area (TPSA) is 12.9 Å². The zero-order valence-electron chi connectivity index (χ0n) is 10.8. The molecule has 0 N–H and O–H groups in total. The summed E-state index contributed by atoms with van der Waals surface area (Å²) < 4.78 is 0. The van der Waals surface area contributed by atoms with E-state index in [0.29, 0.717) is 0 Å². The highest BCUT2D eigenvalue weighted by Gasteiger charge is 2.17. The van der Waals surface area contributed by atoms with Gasteiger partial charge in [-0.1, -0.05) is 48.3 Å². The third-order valence-corrected chi connectivity index (χ3v) is 3.57. The lowest BCUT2D eigenvalue weighted by molar-refractivity contribution is 0.571. The van der Waals surface area contributed by atoms with Gasteiger partial charge in [-0.3, -0.25) is 4.98 Å². The summed E-state index contributed by atoms with van der Waals surface area (Å²) in [7, 11) is 0. The van der Waals surface area contributed by atoms with Crippen LogP contribution in [0.2, 0.25) is 0 Å². The van der Waals surface area contributed by atoms with E-state index in [1.807, 2.05) is 0 Å². The largest absolute Gasteiger partial charge is 0.252 e. The van der Waals surface area contributed by atoms with Gasteiger partial charge in [-0.15, -0.1) is 0 Å². The van der Waals surface area contributed by atoms with E-state index in [9.17, 15) is 0 Å². The van der Waals surface area contributed by atoms with Crippen molar-refractivity contribution in [1.82, 2.24) is 4.98 Å². The highest BCUT2D eigenvalue weighted by Crippen LogP contribution is 2.27. The van der Waals surface area contributed by atoms with Crippen molar-refractivity contribution in [3.05, 3.63) is 41.1 Å². The predicted octanol–water partition coefficient (Wildman–Crippen LogP) is 4.74. The lowest BCUT2D eigenvalue weighted by Gasteiger charge is -2.19. The summed E-state index contributed by atoms with van der Waals surface area (Å²) in [5.41, 5.74) is 4.95. The number of pyridine rings is 1. The average molecular weight is 292 g/mol. The summed E-state index contributed by atoms with van der Waals surface area (Å²) in [6.07, 6.45) is 0. The van der Waals surface area contributed by atoms with Gasteiger partial charge in [0.25, 0.3) is 0 Å². The van der Waals surface area contributed by atoms with E-state index in [0.717, 1.165) is 16.5 Å². The van der Waals surface area contributed by atoms with Crippen LogP contribution in [0.1, 0.15) is 37.6 Å². The zero-order valence-corrected chi connectivity index (χ0v) is 12.4. The Morgan fingerprint density at radius 2 is 1.88 bits per heavy atom. The van der Waals surface area contributed by atoms with Crippen LogP contribution in [0.3, 0.4) is 0 Å². The van der Waals surface area contributed by atoms with Gasteiger partial charge in [0.1, 0.15) is 0 Å². The van der Waals surface area contributed by atoms with Crippen molar-refractivity contribution in [1.29, 1.82) is 0 Å². The molecule has 1 nitrogen and oxygen atoms in total. The third kappa shape index (κ3) is 2.52. The molecule has 0 saturated carbocycles. The predicted molar refractivity (Wildman–Crippen MR) is 77.8 cm³/mol. The normalized spacial score (nSPS) is 12.1. The molecule has 0 aliphatic rings. The van der Waals surface area contributed by atoms with Crippen molar-refractivity contribution in [3.63, 3.8) is 0 Å². The minimum atomic E-state index is 0.0933. The smallest absolute Gasteiger partial charge is 0.0708 e. The second-order valence-corrected chi connectivity index (χ2v) is 6.13. The number of rotatable bonds is 1. The van der Waals surface area contributed by atoms with Crippen LogP contribution in [0.15, 0.2) is 24.3 Å². The van der Waals surface area contributed by atoms with Gasteiger partial charge in [0, 0.05) is 21.8 Å². The fourth-order valence-electron chi connectivity index (χ4n) is 1.90. The van der Waals surface area contributed by atoms with Crippen molar-refractivity contribution in [3.8, 4) is 0 Å². The van der Waals surface area contributed by atoms with Crippen molar-refractivity contribution >= 4 is 26.8 Å². The summed E-state index contributed by atoms with van der Waals surface area (Å²) in [5, 5.41) is 2.13. The van der Waals surface area contributed by atoms with E-state index in [1.54, 1.807) is 0 Å². The van der Waals surface area contributed by atoms with Crippen LogP contribution in [0.5, 0.6) is 0 Å². The summed E-state index contributed by atoms with van der Waals surface area (Å²) in [6.45, 7) is 8.73. The summed E-state index contributed by atoms with van der Waals surface area (Å²) in [5.74, 6) is 0. The minimum Gasteiger partial charge on any atom is -0.252 e. The van der Waals surface area contributed by atoms with E-state index in [2.05, 4.69) is 67.9 Å². The fourth-order valence-corrected chi connectivity index (χ4v) is 2.37. The van der Waals surface area contributed by atoms with Gasteiger partial charge in [0.2, 0.25) is 0 Å². The number of benzene rings is 1. The molecule has 90 valence electrons. The molecular weight excluding hydrogens is 274 g/mol. The number of aryl methyl sites for hydroxylation is 1. The number of aromatic nitrogens is 1. The Balaban J connectivity index is 2.75. The Kier molecular flexibility index (Phi) is 3.26. The lowest BCUT2D eigenvalue weighted by Crippen LogP contribution is -2.14. The molecule has 0 amide bonds. The Morgan fingerprint density at radius 3 is 2.47 bits per heavy atom. The molecule has 0 unspecified atom stereocenters. The first-order valence-electron chi connectivity index (χ1n) is 5.88. The molecule has 0 fully saturated rings. The maximum Gasteiger partial charge on any atom is 0.0708 e. The highest BCUT2D eigenvalue weighted by molar-refractivity contribution is 9.08. The highest BCUT2D eigenvalue weighted by atomic mass is 79.9. The van der Waals surface area contributed by atoms with E-state index in [1.165, 1.54) is 16.5 Å². The van der Waals surface area contributed by atoms with E-state index >= 15 is 0 Å². The van der Waals surface area contributed by atoms with Gasteiger partial charge in [-0.05, 0) is 30.7 Å². The SMILES string of the molecule is Cc1ccc2nc(C(C)(C)C)cc(CBr)c2c1. The molecule has 1 aromatic heterocycles. The zero-order chi connectivity index (χ0) is 12.6. The third-order valence-electron chi connectivity index (χ3n) is 2.96. The van der Waals surface area contributed by atoms with Crippen molar-refractivity contribution in [2.75, 3.05) is 0 Å². The number of fused-ring (bicyclic) bond motifs is 1. The van der Waals surface area contributed by atoms with Crippen molar-refractivity contribution < 1.29 is 0 Å². The van der Waals surface area contributed by atoms with E-state index in [-0.39, 0.29) is 5.41 Å². The molecule has 0 saturated heterocycles. The molecule has 2 aromatic rings. The van der Waals surface area contributed by atoms with E-state index < -0.39 is 0 Å². The van der Waals surface area contributed by atoms with Gasteiger partial charge in [0.05, 0.1) is 5.52 Å². The molecule has 1 heterocycles. The van der Waals surface area contributed by atoms with Crippen molar-refractivity contribution in [2.24, 2.45) is 0 Å². The van der Waals surface area contributed by atoms with Gasteiger partial charge < -0.3 is 0 Å². The molecule has 1 aromatic carbocycles. The molecule has 0 spiro atoms. The van der Waals surface area contributed by atoms with Gasteiger partial charge in [-0.2, -0.15) is 0 Å². The summed E-state index contributed by atoms with van der Waals surface area (Å²) >= 11 is 3.58.